The van der Waals surface area contributed by atoms with Crippen LogP contribution >= 0.6 is 0 Å². The highest BCUT2D eigenvalue weighted by molar-refractivity contribution is 5.48. The van der Waals surface area contributed by atoms with E-state index >= 15 is 0 Å². The van der Waals surface area contributed by atoms with Gasteiger partial charge in [0.1, 0.15) is 0 Å². The van der Waals surface area contributed by atoms with Crippen LogP contribution in [-0.2, 0) is 0 Å². The molecule has 0 bridgehead atoms. The molecule has 0 heterocycles. The van der Waals surface area contributed by atoms with Crippen LogP contribution in [0.2, 0.25) is 0 Å². The van der Waals surface area contributed by atoms with Crippen molar-refractivity contribution in [3.63, 3.8) is 0 Å². The summed E-state index contributed by atoms with van der Waals surface area (Å²) in [7, 11) is 0. The maximum absolute atomic E-state index is 4.02. The monoisotopic (exact) mass is 224 g/mol. The minimum Gasteiger partial charge on any atom is -0.350 e. The molecule has 0 saturated carbocycles. The molecule has 0 amide bonds. The zero-order valence-corrected chi connectivity index (χ0v) is 9.96. The van der Waals surface area contributed by atoms with Crippen LogP contribution in [0.3, 0.4) is 0 Å². The lowest BCUT2D eigenvalue weighted by molar-refractivity contribution is 1.18. The topological polar surface area (TPSA) is 38.8 Å². The molecule has 0 spiro atoms. The molecular weight excluding hydrogens is 210 g/mol. The van der Waals surface area contributed by atoms with Crippen LogP contribution < -0.4 is 0 Å². The van der Waals surface area contributed by atoms with Gasteiger partial charge >= 0.3 is 0 Å². The first kappa shape index (κ1) is 11.3. The van der Waals surface area contributed by atoms with E-state index in [1.807, 2.05) is 62.4 Å². The molecule has 2 rings (SSSR count). The molecule has 0 saturated heterocycles. The van der Waals surface area contributed by atoms with E-state index in [-0.39, 0.29) is 0 Å². The van der Waals surface area contributed by atoms with E-state index in [0.29, 0.717) is 0 Å². The molecule has 0 atom stereocenters. The second kappa shape index (κ2) is 5.25. The molecule has 3 nitrogen and oxygen atoms in total. The molecule has 0 radical (unpaired) electrons. The van der Waals surface area contributed by atoms with Gasteiger partial charge in [0.25, 0.3) is 0 Å². The molecule has 17 heavy (non-hydrogen) atoms. The fourth-order valence-electron chi connectivity index (χ4n) is 1.35. The quantitative estimate of drug-likeness (QED) is 0.519. The Kier molecular flexibility index (Phi) is 3.50. The predicted molar refractivity (Wildman–Crippen MR) is 69.9 cm³/mol. The molecule has 0 fully saturated rings. The van der Waals surface area contributed by atoms with Crippen molar-refractivity contribution in [1.29, 1.82) is 0 Å². The summed E-state index contributed by atoms with van der Waals surface area (Å²) in [5, 5.41) is 7.84. The Morgan fingerprint density at radius 2 is 1.29 bits per heavy atom. The van der Waals surface area contributed by atoms with Crippen molar-refractivity contribution < 1.29 is 0 Å². The summed E-state index contributed by atoms with van der Waals surface area (Å²) in [5.41, 5.74) is 8.06. The van der Waals surface area contributed by atoms with Crippen molar-refractivity contribution >= 4 is 11.4 Å². The summed E-state index contributed by atoms with van der Waals surface area (Å²) < 4.78 is 0. The van der Waals surface area contributed by atoms with Gasteiger partial charge in [-0.15, -0.1) is 0 Å². The van der Waals surface area contributed by atoms with Crippen molar-refractivity contribution in [3.05, 3.63) is 65.1 Å². The maximum atomic E-state index is 4.02. The minimum absolute atomic E-state index is 0.812. The van der Waals surface area contributed by atoms with Gasteiger partial charge in [0.05, 0.1) is 0 Å². The molecule has 0 N–H and O–H groups in total. The standard InChI is InChI=1S/C14H14N3/c1-11-3-7-13(8-4-11)15-17-16-14-9-5-12(2)6-10-14/h3-10H,1-2H3/q-1. The van der Waals surface area contributed by atoms with Crippen LogP contribution in [0, 0.1) is 13.8 Å². The molecule has 3 heteroatoms. The smallest absolute Gasteiger partial charge is 0.0253 e. The van der Waals surface area contributed by atoms with Gasteiger partial charge in [-0.3, -0.25) is 5.22 Å². The number of hydrogen-bond acceptors (Lipinski definition) is 2. The maximum Gasteiger partial charge on any atom is -0.0253 e. The summed E-state index contributed by atoms with van der Waals surface area (Å²) in [5.74, 6) is 0. The van der Waals surface area contributed by atoms with Crippen molar-refractivity contribution in [2.75, 3.05) is 0 Å². The number of benzene rings is 2. The van der Waals surface area contributed by atoms with Crippen LogP contribution in [0.1, 0.15) is 11.1 Å². The normalized spacial score (nSPS) is 10.7. The average molecular weight is 224 g/mol. The summed E-state index contributed by atoms with van der Waals surface area (Å²) in [6.45, 7) is 4.08. The van der Waals surface area contributed by atoms with Crippen LogP contribution in [-0.4, -0.2) is 0 Å². The second-order valence-corrected chi connectivity index (χ2v) is 3.96. The van der Waals surface area contributed by atoms with E-state index in [9.17, 15) is 0 Å². The largest absolute Gasteiger partial charge is 0.350 e. The van der Waals surface area contributed by atoms with Crippen LogP contribution in [0.15, 0.2) is 58.9 Å². The van der Waals surface area contributed by atoms with Gasteiger partial charge in [-0.2, -0.15) is 0 Å². The van der Waals surface area contributed by atoms with Gasteiger partial charge in [0.15, 0.2) is 0 Å². The predicted octanol–water partition coefficient (Wildman–Crippen LogP) is 5.01. The summed E-state index contributed by atoms with van der Waals surface area (Å²) >= 11 is 0. The molecule has 0 aliphatic heterocycles. The fourth-order valence-corrected chi connectivity index (χ4v) is 1.35. The van der Waals surface area contributed by atoms with E-state index in [1.54, 1.807) is 0 Å². The van der Waals surface area contributed by atoms with Crippen molar-refractivity contribution in [2.24, 2.45) is 10.3 Å². The van der Waals surface area contributed by atoms with Crippen molar-refractivity contribution in [1.82, 2.24) is 0 Å². The summed E-state index contributed by atoms with van der Waals surface area (Å²) in [6, 6.07) is 15.7. The summed E-state index contributed by atoms with van der Waals surface area (Å²) in [4.78, 5) is 0. The Balaban J connectivity index is 1.97. The van der Waals surface area contributed by atoms with E-state index in [0.717, 1.165) is 11.4 Å². The van der Waals surface area contributed by atoms with Crippen LogP contribution in [0.5, 0.6) is 0 Å². The molecule has 86 valence electrons. The minimum atomic E-state index is 0.812. The van der Waals surface area contributed by atoms with Gasteiger partial charge in [0, 0.05) is 0 Å². The van der Waals surface area contributed by atoms with Gasteiger partial charge in [-0.1, -0.05) is 59.7 Å². The Hall–Kier alpha value is -2.16. The van der Waals surface area contributed by atoms with E-state index < -0.39 is 0 Å². The molecule has 0 unspecified atom stereocenters. The zero-order chi connectivity index (χ0) is 12.1. The highest BCUT2D eigenvalue weighted by Gasteiger charge is 1.84. The van der Waals surface area contributed by atoms with E-state index in [4.69, 9.17) is 0 Å². The number of aryl methyl sites for hydroxylation is 2. The second-order valence-electron chi connectivity index (χ2n) is 3.96. The molecule has 0 aliphatic carbocycles. The molecule has 0 aliphatic rings. The average Bonchev–Trinajstić information content (AvgIpc) is 2.34. The first-order valence-corrected chi connectivity index (χ1v) is 5.49. The SMILES string of the molecule is Cc1ccc(N=N[N-]c2ccc(C)cc2)cc1. The van der Waals surface area contributed by atoms with Crippen LogP contribution in [0.25, 0.3) is 5.43 Å². The van der Waals surface area contributed by atoms with Crippen LogP contribution in [0.4, 0.5) is 11.4 Å². The third-order valence-corrected chi connectivity index (χ3v) is 2.39. The van der Waals surface area contributed by atoms with Gasteiger partial charge < -0.3 is 10.5 Å². The van der Waals surface area contributed by atoms with Gasteiger partial charge in [-0.05, 0) is 25.2 Å². The molecule has 0 aromatic heterocycles. The summed E-state index contributed by atoms with van der Waals surface area (Å²) in [6.07, 6.45) is 0. The Morgan fingerprint density at radius 3 is 1.88 bits per heavy atom. The van der Waals surface area contributed by atoms with Gasteiger partial charge in [-0.25, -0.2) is 0 Å². The highest BCUT2D eigenvalue weighted by Crippen LogP contribution is 2.21. The third kappa shape index (κ3) is 3.41. The third-order valence-electron chi connectivity index (χ3n) is 2.39. The number of rotatable bonds is 3. The fraction of sp³-hybridized carbons (Fsp3) is 0.143. The number of nitrogens with zero attached hydrogens (tertiary/aromatic N) is 3. The number of hydrogen-bond donors (Lipinski definition) is 0. The lowest BCUT2D eigenvalue weighted by Gasteiger charge is -2.07. The lowest BCUT2D eigenvalue weighted by atomic mass is 10.2. The Morgan fingerprint density at radius 1 is 0.765 bits per heavy atom. The lowest BCUT2D eigenvalue weighted by Crippen LogP contribution is -1.70. The van der Waals surface area contributed by atoms with Gasteiger partial charge in [0.2, 0.25) is 0 Å². The van der Waals surface area contributed by atoms with E-state index in [2.05, 4.69) is 15.8 Å². The first-order valence-electron chi connectivity index (χ1n) is 5.49. The molecular formula is C14H14N3-. The molecule has 2 aromatic carbocycles. The van der Waals surface area contributed by atoms with Crippen molar-refractivity contribution in [2.45, 2.75) is 13.8 Å². The first-order chi connectivity index (χ1) is 8.24. The van der Waals surface area contributed by atoms with E-state index in [1.165, 1.54) is 11.1 Å². The van der Waals surface area contributed by atoms with Crippen molar-refractivity contribution in [3.8, 4) is 0 Å². The zero-order valence-electron chi connectivity index (χ0n) is 9.96. The Bertz CT molecular complexity index is 498. The Labute approximate surface area is 101 Å². The molecule has 2 aromatic rings. The highest BCUT2D eigenvalue weighted by atomic mass is 15.4.